The molecule has 0 bridgehead atoms. The van der Waals surface area contributed by atoms with Crippen LogP contribution in [0.15, 0.2) is 58.0 Å². The lowest BCUT2D eigenvalue weighted by Gasteiger charge is -2.05. The van der Waals surface area contributed by atoms with Gasteiger partial charge in [0.2, 0.25) is 0 Å². The van der Waals surface area contributed by atoms with Crippen LogP contribution in [0.25, 0.3) is 10.9 Å². The molecule has 0 radical (unpaired) electrons. The third-order valence-electron chi connectivity index (χ3n) is 3.08. The minimum atomic E-state index is -3.89. The van der Waals surface area contributed by atoms with Gasteiger partial charge < -0.3 is 0 Å². The lowest BCUT2D eigenvalue weighted by molar-refractivity contribution is -0.729. The Morgan fingerprint density at radius 3 is 2.45 bits per heavy atom. The highest BCUT2D eigenvalue weighted by Crippen LogP contribution is 2.24. The molecule has 0 unspecified atom stereocenters. The highest BCUT2D eigenvalue weighted by atomic mass is 79.9. The predicted molar refractivity (Wildman–Crippen MR) is 81.5 cm³/mol. The second-order valence-corrected chi connectivity index (χ2v) is 7.15. The first-order valence-corrected chi connectivity index (χ1v) is 8.28. The van der Waals surface area contributed by atoms with Gasteiger partial charge in [-0.2, -0.15) is 17.6 Å². The lowest BCUT2D eigenvalue weighted by atomic mass is 10.3. The van der Waals surface area contributed by atoms with Crippen molar-refractivity contribution in [2.45, 2.75) is 4.90 Å². The summed E-state index contributed by atoms with van der Waals surface area (Å²) in [4.78, 5) is 10.4. The molecule has 0 fully saturated rings. The van der Waals surface area contributed by atoms with E-state index in [9.17, 15) is 13.3 Å². The molecule has 1 aromatic heterocycles. The Hall–Kier alpha value is -2.26. The number of rotatable bonds is 3. The Balaban J connectivity index is 2.13. The maximum atomic E-state index is 12.6. The van der Waals surface area contributed by atoms with Crippen molar-refractivity contribution in [2.75, 3.05) is 0 Å². The zero-order valence-corrected chi connectivity index (χ0v) is 13.3. The molecule has 0 amide bonds. The van der Waals surface area contributed by atoms with Crippen molar-refractivity contribution < 1.29 is 18.5 Å². The number of hydrogen-bond acceptors (Lipinski definition) is 4. The van der Waals surface area contributed by atoms with Crippen LogP contribution in [0.5, 0.6) is 0 Å². The van der Waals surface area contributed by atoms with Gasteiger partial charge in [-0.15, -0.1) is 0 Å². The van der Waals surface area contributed by atoms with Gasteiger partial charge in [0.15, 0.2) is 0 Å². The van der Waals surface area contributed by atoms with Crippen LogP contribution in [0.3, 0.4) is 0 Å². The van der Waals surface area contributed by atoms with E-state index >= 15 is 0 Å². The van der Waals surface area contributed by atoms with Crippen molar-refractivity contribution in [3.63, 3.8) is 0 Å². The molecular formula is C13H9BrN3O4S+. The third kappa shape index (κ3) is 2.38. The van der Waals surface area contributed by atoms with Gasteiger partial charge >= 0.3 is 5.69 Å². The van der Waals surface area contributed by atoms with Crippen molar-refractivity contribution >= 4 is 42.5 Å². The number of hydrogen-bond donors (Lipinski definition) is 1. The van der Waals surface area contributed by atoms with Crippen molar-refractivity contribution in [1.29, 1.82) is 0 Å². The first kappa shape index (κ1) is 14.7. The Morgan fingerprint density at radius 1 is 1.14 bits per heavy atom. The second-order valence-electron chi connectivity index (χ2n) is 4.46. The maximum Gasteiger partial charge on any atom is 0.316 e. The molecule has 3 aromatic rings. The van der Waals surface area contributed by atoms with Crippen molar-refractivity contribution in [3.05, 3.63) is 58.0 Å². The van der Waals surface area contributed by atoms with E-state index in [2.05, 4.69) is 21.0 Å². The van der Waals surface area contributed by atoms with Gasteiger partial charge in [0.05, 0.1) is 21.5 Å². The molecule has 0 aliphatic rings. The highest BCUT2D eigenvalue weighted by molar-refractivity contribution is 9.10. The van der Waals surface area contributed by atoms with Crippen LogP contribution in [0.4, 0.5) is 5.69 Å². The summed E-state index contributed by atoms with van der Waals surface area (Å²) in [5.74, 6) is 0. The fourth-order valence-electron chi connectivity index (χ4n) is 2.02. The number of halogens is 1. The van der Waals surface area contributed by atoms with Crippen LogP contribution >= 0.6 is 15.9 Å². The van der Waals surface area contributed by atoms with Crippen LogP contribution in [0, 0.1) is 4.91 Å². The number of aromatic nitrogens is 2. The third-order valence-corrected chi connectivity index (χ3v) is 5.19. The summed E-state index contributed by atoms with van der Waals surface area (Å²) in [6.45, 7) is 0. The summed E-state index contributed by atoms with van der Waals surface area (Å²) in [7, 11) is -3.89. The van der Waals surface area contributed by atoms with Crippen LogP contribution in [0.1, 0.15) is 0 Å². The van der Waals surface area contributed by atoms with Gasteiger partial charge in [-0.25, -0.2) is 5.21 Å². The van der Waals surface area contributed by atoms with Gasteiger partial charge in [-0.1, -0.05) is 15.9 Å². The maximum absolute atomic E-state index is 12.6. The summed E-state index contributed by atoms with van der Waals surface area (Å²) < 4.78 is 27.0. The van der Waals surface area contributed by atoms with E-state index in [4.69, 9.17) is 5.21 Å². The zero-order chi connectivity index (χ0) is 15.9. The molecule has 22 heavy (non-hydrogen) atoms. The first-order valence-electron chi connectivity index (χ1n) is 6.05. The molecular weight excluding hydrogens is 374 g/mol. The fourth-order valence-corrected chi connectivity index (χ4v) is 3.67. The van der Waals surface area contributed by atoms with E-state index in [1.807, 2.05) is 0 Å². The quantitative estimate of drug-likeness (QED) is 0.703. The molecule has 9 heteroatoms. The van der Waals surface area contributed by atoms with Gasteiger partial charge in [0.1, 0.15) is 0 Å². The van der Waals surface area contributed by atoms with Crippen LogP contribution < -0.4 is 0 Å². The molecule has 1 N–H and O–H groups in total. The van der Waals surface area contributed by atoms with Gasteiger partial charge in [-0.3, -0.25) is 0 Å². The molecule has 3 rings (SSSR count). The number of fused-ring (bicyclic) bond motifs is 1. The minimum Gasteiger partial charge on any atom is -0.241 e. The average Bonchev–Trinajstić information content (AvgIpc) is 2.91. The van der Waals surface area contributed by atoms with E-state index in [0.717, 1.165) is 8.56 Å². The van der Waals surface area contributed by atoms with Crippen molar-refractivity contribution in [3.8, 4) is 0 Å². The summed E-state index contributed by atoms with van der Waals surface area (Å²) in [5.41, 5.74) is 0.382. The smallest absolute Gasteiger partial charge is 0.241 e. The predicted octanol–water partition coefficient (Wildman–Crippen LogP) is 2.84. The molecule has 112 valence electrons. The van der Waals surface area contributed by atoms with Crippen molar-refractivity contribution in [1.82, 2.24) is 9.19 Å². The van der Waals surface area contributed by atoms with E-state index in [1.165, 1.54) is 30.5 Å². The molecule has 0 aliphatic carbocycles. The molecule has 0 aliphatic heterocycles. The monoisotopic (exact) mass is 382 g/mol. The van der Waals surface area contributed by atoms with Gasteiger partial charge in [0.25, 0.3) is 14.9 Å². The van der Waals surface area contributed by atoms with E-state index < -0.39 is 10.0 Å². The molecule has 7 nitrogen and oxygen atoms in total. The van der Waals surface area contributed by atoms with Gasteiger partial charge in [-0.05, 0) is 30.3 Å². The topological polar surface area (TPSA) is 92.3 Å². The van der Waals surface area contributed by atoms with Crippen LogP contribution in [-0.4, -0.2) is 27.7 Å². The molecule has 2 aromatic carbocycles. The van der Waals surface area contributed by atoms with Crippen LogP contribution in [-0.2, 0) is 10.0 Å². The lowest BCUT2D eigenvalue weighted by Crippen LogP contribution is -2.14. The van der Waals surface area contributed by atoms with Gasteiger partial charge in [0, 0.05) is 22.0 Å². The molecule has 0 spiro atoms. The fraction of sp³-hybridized carbons (Fsp3) is 0. The average molecular weight is 383 g/mol. The van der Waals surface area contributed by atoms with E-state index in [0.29, 0.717) is 10.9 Å². The Bertz CT molecular complexity index is 980. The summed E-state index contributed by atoms with van der Waals surface area (Å²) in [5, 5.41) is 13.4. The molecule has 0 atom stereocenters. The summed E-state index contributed by atoms with van der Waals surface area (Å²) >= 11 is 3.31. The second kappa shape index (κ2) is 5.18. The zero-order valence-electron chi connectivity index (χ0n) is 10.9. The summed E-state index contributed by atoms with van der Waals surface area (Å²) in [6.07, 6.45) is 1.46. The highest BCUT2D eigenvalue weighted by Gasteiger charge is 2.22. The standard InChI is InChI=1S/C13H9BrN3O4S/c14-10-1-6-13-9(7-10)8-15-16(13)22(20,21)12-4-2-11(3-5-12)17(18)19/h1-8H,(H,18,19)/q+1. The van der Waals surface area contributed by atoms with Crippen molar-refractivity contribution in [2.24, 2.45) is 0 Å². The number of benzene rings is 2. The molecule has 0 saturated carbocycles. The molecule has 0 saturated heterocycles. The Kier molecular flexibility index (Phi) is 3.45. The first-order chi connectivity index (χ1) is 10.4. The normalized spacial score (nSPS) is 11.7. The SMILES string of the molecule is O=[N+](O)c1ccc(S(=O)(=O)n2ncc3cc(Br)ccc32)cc1. The minimum absolute atomic E-state index is 0.0361. The number of nitrogens with zero attached hydrogens (tertiary/aromatic N) is 3. The van der Waals surface area contributed by atoms with Crippen LogP contribution in [0.2, 0.25) is 0 Å². The van der Waals surface area contributed by atoms with E-state index in [-0.39, 0.29) is 15.5 Å². The Morgan fingerprint density at radius 2 is 1.82 bits per heavy atom. The largest absolute Gasteiger partial charge is 0.316 e. The van der Waals surface area contributed by atoms with E-state index in [1.54, 1.807) is 18.2 Å². The molecule has 1 heterocycles. The Labute approximate surface area is 133 Å². The summed E-state index contributed by atoms with van der Waals surface area (Å²) in [6, 6.07) is 10.0.